The van der Waals surface area contributed by atoms with Crippen molar-refractivity contribution < 1.29 is 19.1 Å². The van der Waals surface area contributed by atoms with Crippen molar-refractivity contribution in [3.05, 3.63) is 35.9 Å². The lowest BCUT2D eigenvalue weighted by Crippen LogP contribution is -2.48. The molecule has 2 heterocycles. The van der Waals surface area contributed by atoms with E-state index >= 15 is 0 Å². The van der Waals surface area contributed by atoms with Gasteiger partial charge in [-0.25, -0.2) is 4.79 Å². The Kier molecular flexibility index (Phi) is 4.28. The number of ether oxygens (including phenoxy) is 2. The highest BCUT2D eigenvalue weighted by molar-refractivity contribution is 6.06. The van der Waals surface area contributed by atoms with E-state index in [4.69, 9.17) is 9.47 Å². The van der Waals surface area contributed by atoms with Crippen molar-refractivity contribution in [1.82, 2.24) is 9.80 Å². The van der Waals surface area contributed by atoms with E-state index in [1.54, 1.807) is 11.9 Å². The summed E-state index contributed by atoms with van der Waals surface area (Å²) in [6.07, 6.45) is 4.23. The Hall–Kier alpha value is -1.92. The van der Waals surface area contributed by atoms with Gasteiger partial charge in [0.1, 0.15) is 5.54 Å². The maximum Gasteiger partial charge on any atom is 0.327 e. The van der Waals surface area contributed by atoms with Crippen LogP contribution < -0.4 is 0 Å². The molecule has 26 heavy (non-hydrogen) atoms. The maximum atomic E-state index is 13.2. The van der Waals surface area contributed by atoms with Crippen LogP contribution in [0.2, 0.25) is 0 Å². The summed E-state index contributed by atoms with van der Waals surface area (Å²) in [6.45, 7) is 2.86. The summed E-state index contributed by atoms with van der Waals surface area (Å²) in [6, 6.07) is 9.28. The Morgan fingerprint density at radius 1 is 1.12 bits per heavy atom. The molecule has 1 aliphatic carbocycles. The lowest BCUT2D eigenvalue weighted by atomic mass is 9.76. The van der Waals surface area contributed by atoms with Crippen LogP contribution in [-0.2, 0) is 20.1 Å². The van der Waals surface area contributed by atoms with Crippen LogP contribution in [0.1, 0.15) is 38.2 Å². The molecular weight excluding hydrogens is 332 g/mol. The number of likely N-dealkylation sites (N-methyl/N-ethyl adjacent to an activating group) is 1. The van der Waals surface area contributed by atoms with Crippen LogP contribution in [0.25, 0.3) is 0 Å². The fourth-order valence-electron chi connectivity index (χ4n) is 4.24. The van der Waals surface area contributed by atoms with Gasteiger partial charge in [-0.3, -0.25) is 9.69 Å². The molecule has 0 N–H and O–H groups in total. The van der Waals surface area contributed by atoms with Crippen LogP contribution in [0.4, 0.5) is 4.79 Å². The van der Waals surface area contributed by atoms with E-state index in [0.717, 1.165) is 24.8 Å². The quantitative estimate of drug-likeness (QED) is 0.760. The van der Waals surface area contributed by atoms with Gasteiger partial charge in [0, 0.05) is 12.6 Å². The van der Waals surface area contributed by atoms with Gasteiger partial charge in [-0.2, -0.15) is 0 Å². The normalized spacial score (nSPS) is 28.7. The first-order valence-electron chi connectivity index (χ1n) is 9.39. The molecule has 1 unspecified atom stereocenters. The van der Waals surface area contributed by atoms with E-state index in [2.05, 4.69) is 0 Å². The van der Waals surface area contributed by atoms with Crippen molar-refractivity contribution in [2.75, 3.05) is 26.8 Å². The Morgan fingerprint density at radius 3 is 2.35 bits per heavy atom. The third-order valence-corrected chi connectivity index (χ3v) is 6.21. The number of hydrogen-bond acceptors (Lipinski definition) is 4. The number of imide groups is 1. The van der Waals surface area contributed by atoms with Gasteiger partial charge < -0.3 is 14.4 Å². The Bertz CT molecular complexity index is 697. The number of rotatable bonds is 5. The smallest absolute Gasteiger partial charge is 0.327 e. The Morgan fingerprint density at radius 2 is 1.77 bits per heavy atom. The molecule has 2 aliphatic heterocycles. The van der Waals surface area contributed by atoms with Gasteiger partial charge in [0.05, 0.1) is 19.8 Å². The summed E-state index contributed by atoms with van der Waals surface area (Å²) in [5.74, 6) is -0.692. The topological polar surface area (TPSA) is 59.1 Å². The van der Waals surface area contributed by atoms with E-state index in [1.807, 2.05) is 37.3 Å². The molecule has 3 fully saturated rings. The number of benzene rings is 1. The molecule has 2 saturated heterocycles. The van der Waals surface area contributed by atoms with E-state index in [9.17, 15) is 9.59 Å². The molecule has 4 rings (SSSR count). The Balaban J connectivity index is 1.60. The highest BCUT2D eigenvalue weighted by atomic mass is 16.7. The lowest BCUT2D eigenvalue weighted by Gasteiger charge is -2.36. The van der Waals surface area contributed by atoms with Crippen molar-refractivity contribution in [2.45, 2.75) is 43.9 Å². The predicted molar refractivity (Wildman–Crippen MR) is 95.3 cm³/mol. The zero-order valence-electron chi connectivity index (χ0n) is 15.4. The first kappa shape index (κ1) is 17.5. The molecule has 3 aliphatic rings. The number of carbonyl (C=O) groups excluding carboxylic acids is 2. The lowest BCUT2D eigenvalue weighted by molar-refractivity contribution is -0.178. The van der Waals surface area contributed by atoms with Gasteiger partial charge in [-0.1, -0.05) is 49.6 Å². The summed E-state index contributed by atoms with van der Waals surface area (Å²) >= 11 is 0. The monoisotopic (exact) mass is 358 g/mol. The maximum absolute atomic E-state index is 13.2. The van der Waals surface area contributed by atoms with E-state index < -0.39 is 11.3 Å². The van der Waals surface area contributed by atoms with Crippen LogP contribution in [-0.4, -0.2) is 54.1 Å². The van der Waals surface area contributed by atoms with Gasteiger partial charge in [0.15, 0.2) is 0 Å². The number of amides is 3. The molecule has 0 bridgehead atoms. The highest BCUT2D eigenvalue weighted by Gasteiger charge is 2.56. The number of urea groups is 1. The van der Waals surface area contributed by atoms with Crippen LogP contribution in [0.15, 0.2) is 30.3 Å². The predicted octanol–water partition coefficient (Wildman–Crippen LogP) is 2.73. The molecule has 1 atom stereocenters. The number of carbonyl (C=O) groups is 2. The van der Waals surface area contributed by atoms with Crippen molar-refractivity contribution in [3.63, 3.8) is 0 Å². The first-order valence-corrected chi connectivity index (χ1v) is 9.39. The fraction of sp³-hybridized carbons (Fsp3) is 0.600. The minimum absolute atomic E-state index is 0.0826. The second-order valence-electron chi connectivity index (χ2n) is 7.82. The zero-order valence-corrected chi connectivity index (χ0v) is 15.4. The van der Waals surface area contributed by atoms with E-state index in [-0.39, 0.29) is 18.5 Å². The zero-order chi connectivity index (χ0) is 18.4. The fourth-order valence-corrected chi connectivity index (χ4v) is 4.24. The summed E-state index contributed by atoms with van der Waals surface area (Å²) in [4.78, 5) is 29.1. The van der Waals surface area contributed by atoms with Gasteiger partial charge in [0.25, 0.3) is 5.91 Å². The molecule has 3 amide bonds. The van der Waals surface area contributed by atoms with Crippen LogP contribution >= 0.6 is 0 Å². The van der Waals surface area contributed by atoms with Gasteiger partial charge in [-0.15, -0.1) is 0 Å². The second kappa shape index (κ2) is 6.35. The standard InChI is InChI=1S/C20H26N2O4/c1-19(13-15-7-6-8-15)17(23)22(18(24)21(19)2)14-20(25-11-12-26-20)16-9-4-3-5-10-16/h3-5,9-10,15H,6-8,11-14H2,1-2H3. The number of nitrogens with zero attached hydrogens (tertiary/aromatic N) is 2. The average molecular weight is 358 g/mol. The molecule has 0 aromatic heterocycles. The summed E-state index contributed by atoms with van der Waals surface area (Å²) in [5.41, 5.74) is 0.0481. The SMILES string of the molecule is CN1C(=O)N(CC2(c3ccccc3)OCCO2)C(=O)C1(C)CC1CCC1. The summed E-state index contributed by atoms with van der Waals surface area (Å²) in [5, 5.41) is 0. The molecule has 0 spiro atoms. The van der Waals surface area contributed by atoms with Gasteiger partial charge in [-0.05, 0) is 19.3 Å². The third kappa shape index (κ3) is 2.63. The summed E-state index contributed by atoms with van der Waals surface area (Å²) < 4.78 is 11.8. The van der Waals surface area contributed by atoms with Gasteiger partial charge >= 0.3 is 6.03 Å². The largest absolute Gasteiger partial charge is 0.342 e. The van der Waals surface area contributed by atoms with E-state index in [1.165, 1.54) is 11.3 Å². The highest BCUT2D eigenvalue weighted by Crippen LogP contribution is 2.41. The first-order chi connectivity index (χ1) is 12.5. The molecule has 140 valence electrons. The van der Waals surface area contributed by atoms with Gasteiger partial charge in [0.2, 0.25) is 5.79 Å². The minimum Gasteiger partial charge on any atom is -0.342 e. The van der Waals surface area contributed by atoms with Crippen molar-refractivity contribution >= 4 is 11.9 Å². The van der Waals surface area contributed by atoms with Crippen LogP contribution in [0, 0.1) is 5.92 Å². The van der Waals surface area contributed by atoms with Crippen LogP contribution in [0.3, 0.4) is 0 Å². The molecule has 1 aromatic carbocycles. The van der Waals surface area contributed by atoms with Crippen molar-refractivity contribution in [2.24, 2.45) is 5.92 Å². The molecule has 1 saturated carbocycles. The molecule has 1 aromatic rings. The second-order valence-corrected chi connectivity index (χ2v) is 7.82. The molecule has 6 heteroatoms. The third-order valence-electron chi connectivity index (χ3n) is 6.21. The molecule has 0 radical (unpaired) electrons. The number of hydrogen-bond donors (Lipinski definition) is 0. The van der Waals surface area contributed by atoms with Crippen LogP contribution in [0.5, 0.6) is 0 Å². The summed E-state index contributed by atoms with van der Waals surface area (Å²) in [7, 11) is 1.73. The average Bonchev–Trinajstić information content (AvgIpc) is 3.16. The molecule has 6 nitrogen and oxygen atoms in total. The van der Waals surface area contributed by atoms with E-state index in [0.29, 0.717) is 19.1 Å². The Labute approximate surface area is 154 Å². The molecular formula is C20H26N2O4. The minimum atomic E-state index is -1.07. The van der Waals surface area contributed by atoms with Crippen molar-refractivity contribution in [3.8, 4) is 0 Å². The van der Waals surface area contributed by atoms with Crippen molar-refractivity contribution in [1.29, 1.82) is 0 Å².